The molecular formula is C24H27N5O4S. The van der Waals surface area contributed by atoms with E-state index in [-0.39, 0.29) is 22.3 Å². The number of pyridine rings is 2. The van der Waals surface area contributed by atoms with Crippen LogP contribution in [-0.4, -0.2) is 37.4 Å². The molecule has 4 rings (SSSR count). The number of nitrogens with zero attached hydrogens (tertiary/aromatic N) is 3. The molecule has 1 fully saturated rings. The minimum Gasteiger partial charge on any atom is -0.438 e. The van der Waals surface area contributed by atoms with Crippen LogP contribution in [0.2, 0.25) is 0 Å². The van der Waals surface area contributed by atoms with Gasteiger partial charge in [-0.1, -0.05) is 23.8 Å². The molecule has 3 heterocycles. The Bertz CT molecular complexity index is 1330. The van der Waals surface area contributed by atoms with Crippen LogP contribution in [0.4, 0.5) is 11.6 Å². The second-order valence-corrected chi connectivity index (χ2v) is 10.0. The number of hydrogen-bond acceptors (Lipinski definition) is 8. The number of amides is 1. The number of nitrogens with two attached hydrogens (primary N) is 1. The minimum absolute atomic E-state index is 0.00481. The summed E-state index contributed by atoms with van der Waals surface area (Å²) in [5.74, 6) is 0.439. The van der Waals surface area contributed by atoms with Crippen LogP contribution < -0.4 is 20.1 Å². The van der Waals surface area contributed by atoms with Crippen molar-refractivity contribution in [3.63, 3.8) is 0 Å². The van der Waals surface area contributed by atoms with Crippen molar-refractivity contribution in [2.45, 2.75) is 38.6 Å². The first-order chi connectivity index (χ1) is 16.1. The van der Waals surface area contributed by atoms with Gasteiger partial charge in [-0.2, -0.15) is 13.4 Å². The van der Waals surface area contributed by atoms with E-state index >= 15 is 0 Å². The molecule has 3 aromatic rings. The van der Waals surface area contributed by atoms with Gasteiger partial charge in [0.15, 0.2) is 5.03 Å². The quantitative estimate of drug-likeness (QED) is 0.548. The van der Waals surface area contributed by atoms with Gasteiger partial charge in [-0.3, -0.25) is 4.79 Å². The number of aryl methyl sites for hydroxylation is 3. The van der Waals surface area contributed by atoms with E-state index in [2.05, 4.69) is 19.6 Å². The van der Waals surface area contributed by atoms with Gasteiger partial charge in [0.1, 0.15) is 22.9 Å². The first-order valence-corrected chi connectivity index (χ1v) is 12.4. The molecule has 1 saturated heterocycles. The smallest absolute Gasteiger partial charge is 0.281 e. The van der Waals surface area contributed by atoms with Crippen molar-refractivity contribution in [2.24, 2.45) is 0 Å². The normalized spacial score (nSPS) is 13.7. The summed E-state index contributed by atoms with van der Waals surface area (Å²) in [6, 6.07) is 11.4. The van der Waals surface area contributed by atoms with Gasteiger partial charge in [0.25, 0.3) is 15.9 Å². The summed E-state index contributed by atoms with van der Waals surface area (Å²) in [5.41, 5.74) is 8.44. The number of carbonyl (C=O) groups is 1. The van der Waals surface area contributed by atoms with Crippen molar-refractivity contribution in [1.29, 1.82) is 0 Å². The highest BCUT2D eigenvalue weighted by Gasteiger charge is 2.25. The molecule has 1 aromatic carbocycles. The maximum atomic E-state index is 13.1. The molecule has 1 aliphatic heterocycles. The zero-order chi connectivity index (χ0) is 24.5. The Balaban J connectivity index is 1.72. The lowest BCUT2D eigenvalue weighted by Gasteiger charge is -2.20. The number of benzene rings is 1. The fourth-order valence-corrected chi connectivity index (χ4v) is 4.98. The van der Waals surface area contributed by atoms with E-state index < -0.39 is 15.9 Å². The Morgan fingerprint density at radius 2 is 1.71 bits per heavy atom. The molecule has 0 bridgehead atoms. The Kier molecular flexibility index (Phi) is 6.43. The summed E-state index contributed by atoms with van der Waals surface area (Å²) in [5, 5.41) is -0.352. The largest absolute Gasteiger partial charge is 0.438 e. The van der Waals surface area contributed by atoms with Crippen molar-refractivity contribution >= 4 is 27.6 Å². The van der Waals surface area contributed by atoms with Gasteiger partial charge >= 0.3 is 0 Å². The molecule has 0 saturated carbocycles. The fraction of sp³-hybridized carbons (Fsp3) is 0.292. The van der Waals surface area contributed by atoms with Crippen molar-refractivity contribution in [3.8, 4) is 11.6 Å². The highest BCUT2D eigenvalue weighted by atomic mass is 32.2. The predicted molar refractivity (Wildman–Crippen MR) is 130 cm³/mol. The molecule has 1 amide bonds. The van der Waals surface area contributed by atoms with Crippen molar-refractivity contribution in [1.82, 2.24) is 14.7 Å². The van der Waals surface area contributed by atoms with E-state index in [0.29, 0.717) is 11.6 Å². The second-order valence-electron chi connectivity index (χ2n) is 8.38. The van der Waals surface area contributed by atoms with E-state index in [9.17, 15) is 13.2 Å². The summed E-state index contributed by atoms with van der Waals surface area (Å²) in [4.78, 5) is 23.6. The van der Waals surface area contributed by atoms with Crippen LogP contribution in [-0.2, 0) is 10.0 Å². The summed E-state index contributed by atoms with van der Waals surface area (Å²) < 4.78 is 33.7. The molecule has 9 nitrogen and oxygen atoms in total. The topological polar surface area (TPSA) is 128 Å². The van der Waals surface area contributed by atoms with Gasteiger partial charge in [0.2, 0.25) is 5.88 Å². The monoisotopic (exact) mass is 481 g/mol. The third-order valence-electron chi connectivity index (χ3n) is 5.57. The van der Waals surface area contributed by atoms with Crippen molar-refractivity contribution in [3.05, 3.63) is 64.7 Å². The molecular weight excluding hydrogens is 454 g/mol. The lowest BCUT2D eigenvalue weighted by atomic mass is 10.1. The number of nitrogens with one attached hydrogen (secondary N) is 1. The van der Waals surface area contributed by atoms with E-state index in [1.807, 2.05) is 32.9 Å². The fourth-order valence-electron chi connectivity index (χ4n) is 4.04. The average Bonchev–Trinajstić information content (AvgIpc) is 3.31. The second kappa shape index (κ2) is 9.30. The summed E-state index contributed by atoms with van der Waals surface area (Å²) in [7, 11) is -4.25. The van der Waals surface area contributed by atoms with Crippen LogP contribution in [0.25, 0.3) is 0 Å². The predicted octanol–water partition coefficient (Wildman–Crippen LogP) is 3.50. The van der Waals surface area contributed by atoms with Crippen molar-refractivity contribution < 1.29 is 17.9 Å². The molecule has 178 valence electrons. The molecule has 0 atom stereocenters. The number of anilines is 2. The van der Waals surface area contributed by atoms with Crippen LogP contribution in [0, 0.1) is 20.8 Å². The van der Waals surface area contributed by atoms with Gasteiger partial charge in [-0.15, -0.1) is 0 Å². The average molecular weight is 482 g/mol. The molecule has 34 heavy (non-hydrogen) atoms. The Hall–Kier alpha value is -3.66. The third kappa shape index (κ3) is 4.96. The number of carbonyl (C=O) groups excluding carboxylic acids is 1. The molecule has 3 N–H and O–H groups in total. The maximum Gasteiger partial charge on any atom is 0.281 e. The zero-order valence-corrected chi connectivity index (χ0v) is 20.1. The standard InChI is InChI=1S/C24H27N5O4S/c1-15-13-16(2)22(17(3)14-15)33-24-18(9-10-20(27-24)29-11-4-5-12-29)23(30)28-34(31,32)21-8-6-7-19(25)26-21/h6-10,13-14H,4-5,11-12H2,1-3H3,(H2,25,26)(H,28,30). The molecule has 0 aliphatic carbocycles. The number of ether oxygens (including phenoxy) is 1. The number of aromatic nitrogens is 2. The van der Waals surface area contributed by atoms with E-state index in [4.69, 9.17) is 10.5 Å². The van der Waals surface area contributed by atoms with E-state index in [1.165, 1.54) is 24.3 Å². The van der Waals surface area contributed by atoms with Crippen LogP contribution in [0.15, 0.2) is 47.5 Å². The summed E-state index contributed by atoms with van der Waals surface area (Å²) >= 11 is 0. The molecule has 1 aliphatic rings. The highest BCUT2D eigenvalue weighted by molar-refractivity contribution is 7.90. The molecule has 0 unspecified atom stereocenters. The Labute approximate surface area is 199 Å². The number of hydrogen-bond donors (Lipinski definition) is 2. The molecule has 0 spiro atoms. The molecule has 0 radical (unpaired) electrons. The first kappa shape index (κ1) is 23.5. The molecule has 10 heteroatoms. The van der Waals surface area contributed by atoms with Crippen LogP contribution in [0.5, 0.6) is 11.6 Å². The van der Waals surface area contributed by atoms with Gasteiger partial charge in [0, 0.05) is 13.1 Å². The highest BCUT2D eigenvalue weighted by Crippen LogP contribution is 2.32. The Morgan fingerprint density at radius 1 is 1.03 bits per heavy atom. The van der Waals surface area contributed by atoms with Gasteiger partial charge in [0.05, 0.1) is 0 Å². The van der Waals surface area contributed by atoms with Gasteiger partial charge < -0.3 is 15.4 Å². The van der Waals surface area contributed by atoms with Gasteiger partial charge in [-0.25, -0.2) is 9.71 Å². The first-order valence-electron chi connectivity index (χ1n) is 11.0. The molecule has 2 aromatic heterocycles. The summed E-state index contributed by atoms with van der Waals surface area (Å²) in [6.45, 7) is 7.53. The zero-order valence-electron chi connectivity index (χ0n) is 19.3. The van der Waals surface area contributed by atoms with Crippen molar-refractivity contribution in [2.75, 3.05) is 23.7 Å². The number of rotatable bonds is 6. The van der Waals surface area contributed by atoms with E-state index in [1.54, 1.807) is 6.07 Å². The lowest BCUT2D eigenvalue weighted by molar-refractivity contribution is 0.0978. The third-order valence-corrected chi connectivity index (χ3v) is 6.80. The minimum atomic E-state index is -4.25. The maximum absolute atomic E-state index is 13.1. The van der Waals surface area contributed by atoms with Gasteiger partial charge in [-0.05, 0) is 69.0 Å². The summed E-state index contributed by atoms with van der Waals surface area (Å²) in [6.07, 6.45) is 2.11. The van der Waals surface area contributed by atoms with Crippen LogP contribution in [0.1, 0.15) is 39.9 Å². The Morgan fingerprint density at radius 3 is 2.35 bits per heavy atom. The van der Waals surface area contributed by atoms with E-state index in [0.717, 1.165) is 42.6 Å². The van der Waals surface area contributed by atoms with Crippen LogP contribution >= 0.6 is 0 Å². The number of nitrogen functional groups attached to an aromatic ring is 1. The lowest BCUT2D eigenvalue weighted by Crippen LogP contribution is -2.32. The van der Waals surface area contributed by atoms with Crippen LogP contribution in [0.3, 0.4) is 0 Å². The SMILES string of the molecule is Cc1cc(C)c(Oc2nc(N3CCCC3)ccc2C(=O)NS(=O)(=O)c2cccc(N)n2)c(C)c1. The number of sulfonamides is 1.